The Morgan fingerprint density at radius 1 is 1.33 bits per heavy atom. The summed E-state index contributed by atoms with van der Waals surface area (Å²) in [6.45, 7) is 1.32. The van der Waals surface area contributed by atoms with Gasteiger partial charge in [0.25, 0.3) is 0 Å². The lowest BCUT2D eigenvalue weighted by Gasteiger charge is -2.15. The predicted octanol–water partition coefficient (Wildman–Crippen LogP) is 2.22. The Kier molecular flexibility index (Phi) is 3.60. The van der Waals surface area contributed by atoms with Gasteiger partial charge in [-0.05, 0) is 19.1 Å². The fourth-order valence-corrected chi connectivity index (χ4v) is 0.893. The molecule has 5 heteroatoms. The van der Waals surface area contributed by atoms with E-state index in [-0.39, 0.29) is 12.4 Å². The van der Waals surface area contributed by atoms with Crippen LogP contribution in [-0.2, 0) is 9.53 Å². The van der Waals surface area contributed by atoms with Crippen molar-refractivity contribution < 1.29 is 23.0 Å². The lowest BCUT2D eigenvalue weighted by Crippen LogP contribution is -2.36. The van der Waals surface area contributed by atoms with Crippen LogP contribution in [0.3, 0.4) is 0 Å². The first-order chi connectivity index (χ1) is 7.06. The number of carbonyl (C=O) groups is 1. The summed E-state index contributed by atoms with van der Waals surface area (Å²) in [5, 5.41) is 0. The normalized spacial score (nSPS) is 10.9. The van der Waals surface area contributed by atoms with E-state index in [9.17, 15) is 13.6 Å². The van der Waals surface area contributed by atoms with Crippen molar-refractivity contribution >= 4 is 5.97 Å². The van der Waals surface area contributed by atoms with E-state index in [1.54, 1.807) is 6.07 Å². The number of para-hydroxylation sites is 1. The van der Waals surface area contributed by atoms with E-state index in [1.165, 1.54) is 31.2 Å². The van der Waals surface area contributed by atoms with Crippen molar-refractivity contribution in [3.05, 3.63) is 30.3 Å². The van der Waals surface area contributed by atoms with Crippen LogP contribution in [0.15, 0.2) is 30.3 Å². The van der Waals surface area contributed by atoms with Crippen LogP contribution in [0.25, 0.3) is 0 Å². The number of hydrogen-bond donors (Lipinski definition) is 0. The molecular formula is C10H10F2O3. The average molecular weight is 216 g/mol. The summed E-state index contributed by atoms with van der Waals surface area (Å²) in [6, 6.07) is 7.35. The molecule has 0 aliphatic heterocycles. The minimum Gasteiger partial charge on any atom is -0.459 e. The molecule has 0 fully saturated rings. The van der Waals surface area contributed by atoms with E-state index >= 15 is 0 Å². The van der Waals surface area contributed by atoms with Crippen LogP contribution in [0.2, 0.25) is 0 Å². The smallest absolute Gasteiger partial charge is 0.459 e. The number of hydrogen-bond acceptors (Lipinski definition) is 3. The van der Waals surface area contributed by atoms with Crippen LogP contribution in [-0.4, -0.2) is 18.7 Å². The third-order valence-electron chi connectivity index (χ3n) is 1.50. The third kappa shape index (κ3) is 3.19. The number of benzene rings is 1. The Balaban J connectivity index is 2.68. The van der Waals surface area contributed by atoms with Gasteiger partial charge >= 0.3 is 12.1 Å². The first kappa shape index (κ1) is 11.4. The van der Waals surface area contributed by atoms with Gasteiger partial charge in [0.15, 0.2) is 0 Å². The summed E-state index contributed by atoms with van der Waals surface area (Å²) in [5.41, 5.74) is 0. The van der Waals surface area contributed by atoms with E-state index in [4.69, 9.17) is 0 Å². The standard InChI is InChI=1S/C10H10F2O3/c1-2-14-9(13)10(11,12)15-8-6-4-3-5-7-8/h3-7H,2H2,1H3. The molecule has 82 valence electrons. The molecule has 0 aromatic heterocycles. The molecule has 0 unspecified atom stereocenters. The van der Waals surface area contributed by atoms with E-state index in [2.05, 4.69) is 9.47 Å². The lowest BCUT2D eigenvalue weighted by atomic mass is 10.3. The van der Waals surface area contributed by atoms with Gasteiger partial charge in [-0.2, -0.15) is 8.78 Å². The molecular weight excluding hydrogens is 206 g/mol. The monoisotopic (exact) mass is 216 g/mol. The topological polar surface area (TPSA) is 35.5 Å². The molecule has 0 saturated heterocycles. The summed E-state index contributed by atoms with van der Waals surface area (Å²) >= 11 is 0. The highest BCUT2D eigenvalue weighted by molar-refractivity contribution is 5.76. The maximum atomic E-state index is 13.0. The molecule has 0 amide bonds. The van der Waals surface area contributed by atoms with Crippen LogP contribution < -0.4 is 4.74 Å². The predicted molar refractivity (Wildman–Crippen MR) is 48.7 cm³/mol. The minimum absolute atomic E-state index is 0.0875. The highest BCUT2D eigenvalue weighted by Crippen LogP contribution is 2.22. The molecule has 1 aromatic rings. The summed E-state index contributed by atoms with van der Waals surface area (Å²) in [6.07, 6.45) is -3.95. The molecule has 0 aliphatic rings. The van der Waals surface area contributed by atoms with E-state index in [0.29, 0.717) is 0 Å². The van der Waals surface area contributed by atoms with Gasteiger partial charge in [0.2, 0.25) is 0 Å². The zero-order chi connectivity index (χ0) is 11.3. The van der Waals surface area contributed by atoms with Crippen LogP contribution in [0.4, 0.5) is 8.78 Å². The van der Waals surface area contributed by atoms with Gasteiger partial charge in [-0.3, -0.25) is 0 Å². The van der Waals surface area contributed by atoms with Crippen molar-refractivity contribution in [2.24, 2.45) is 0 Å². The number of halogens is 2. The van der Waals surface area contributed by atoms with Crippen LogP contribution in [0, 0.1) is 0 Å². The maximum Gasteiger partial charge on any atom is 0.502 e. The van der Waals surface area contributed by atoms with E-state index in [0.717, 1.165) is 0 Å². The summed E-state index contributed by atoms with van der Waals surface area (Å²) in [4.78, 5) is 10.8. The molecule has 15 heavy (non-hydrogen) atoms. The van der Waals surface area contributed by atoms with Gasteiger partial charge in [0.1, 0.15) is 5.75 Å². The van der Waals surface area contributed by atoms with Crippen molar-refractivity contribution in [3.8, 4) is 5.75 Å². The van der Waals surface area contributed by atoms with Gasteiger partial charge in [-0.1, -0.05) is 18.2 Å². The fraction of sp³-hybridized carbons (Fsp3) is 0.300. The second kappa shape index (κ2) is 4.72. The largest absolute Gasteiger partial charge is 0.502 e. The van der Waals surface area contributed by atoms with Crippen molar-refractivity contribution in [1.82, 2.24) is 0 Å². The number of rotatable bonds is 4. The SMILES string of the molecule is CCOC(=O)C(F)(F)Oc1ccccc1. The lowest BCUT2D eigenvalue weighted by molar-refractivity contribution is -0.216. The minimum atomic E-state index is -3.95. The first-order valence-electron chi connectivity index (χ1n) is 4.35. The molecule has 0 bridgehead atoms. The quantitative estimate of drug-likeness (QED) is 0.724. The molecule has 0 radical (unpaired) electrons. The Labute approximate surface area is 85.6 Å². The molecule has 0 heterocycles. The van der Waals surface area contributed by atoms with Crippen LogP contribution in [0.1, 0.15) is 6.92 Å². The second-order valence-corrected chi connectivity index (χ2v) is 2.65. The molecule has 0 spiro atoms. The number of alkyl halides is 2. The second-order valence-electron chi connectivity index (χ2n) is 2.65. The van der Waals surface area contributed by atoms with E-state index in [1.807, 2.05) is 0 Å². The van der Waals surface area contributed by atoms with Crippen molar-refractivity contribution in [2.45, 2.75) is 13.0 Å². The Morgan fingerprint density at radius 2 is 1.93 bits per heavy atom. The zero-order valence-corrected chi connectivity index (χ0v) is 8.07. The van der Waals surface area contributed by atoms with Gasteiger partial charge < -0.3 is 9.47 Å². The fourth-order valence-electron chi connectivity index (χ4n) is 0.893. The van der Waals surface area contributed by atoms with Gasteiger partial charge in [0, 0.05) is 0 Å². The maximum absolute atomic E-state index is 13.0. The van der Waals surface area contributed by atoms with Gasteiger partial charge in [-0.25, -0.2) is 4.79 Å². The van der Waals surface area contributed by atoms with Crippen molar-refractivity contribution in [1.29, 1.82) is 0 Å². The molecule has 1 aromatic carbocycles. The van der Waals surface area contributed by atoms with Crippen molar-refractivity contribution in [3.63, 3.8) is 0 Å². The molecule has 0 aliphatic carbocycles. The first-order valence-corrected chi connectivity index (χ1v) is 4.35. The number of ether oxygens (including phenoxy) is 2. The van der Waals surface area contributed by atoms with E-state index < -0.39 is 12.1 Å². The van der Waals surface area contributed by atoms with Crippen molar-refractivity contribution in [2.75, 3.05) is 6.61 Å². The average Bonchev–Trinajstić information content (AvgIpc) is 2.19. The Hall–Kier alpha value is -1.65. The summed E-state index contributed by atoms with van der Waals surface area (Å²) < 4.78 is 34.4. The molecule has 0 N–H and O–H groups in total. The molecule has 0 atom stereocenters. The van der Waals surface area contributed by atoms with Gasteiger partial charge in [-0.15, -0.1) is 0 Å². The number of carbonyl (C=O) groups excluding carboxylic acids is 1. The van der Waals surface area contributed by atoms with Crippen LogP contribution in [0.5, 0.6) is 5.75 Å². The Morgan fingerprint density at radius 3 is 2.47 bits per heavy atom. The highest BCUT2D eigenvalue weighted by atomic mass is 19.3. The van der Waals surface area contributed by atoms with Gasteiger partial charge in [0.05, 0.1) is 6.61 Å². The highest BCUT2D eigenvalue weighted by Gasteiger charge is 2.44. The Bertz CT molecular complexity index is 325. The number of esters is 1. The summed E-state index contributed by atoms with van der Waals surface area (Å²) in [5.74, 6) is -1.77. The molecule has 3 nitrogen and oxygen atoms in total. The zero-order valence-electron chi connectivity index (χ0n) is 8.07. The van der Waals surface area contributed by atoms with Crippen LogP contribution >= 0.6 is 0 Å². The summed E-state index contributed by atoms with van der Waals surface area (Å²) in [7, 11) is 0. The molecule has 1 rings (SSSR count). The molecule has 0 saturated carbocycles. The third-order valence-corrected chi connectivity index (χ3v) is 1.50.